The minimum atomic E-state index is 0.853. The normalized spacial score (nSPS) is 28.6. The molecule has 0 radical (unpaired) electrons. The van der Waals surface area contributed by atoms with Crippen LogP contribution in [-0.4, -0.2) is 13.1 Å². The highest BCUT2D eigenvalue weighted by Crippen LogP contribution is 2.15. The first kappa shape index (κ1) is 6.81. The summed E-state index contributed by atoms with van der Waals surface area (Å²) in [7, 11) is 0. The summed E-state index contributed by atoms with van der Waals surface area (Å²) in [5, 5.41) is 3.34. The van der Waals surface area contributed by atoms with Gasteiger partial charge in [0.15, 0.2) is 0 Å². The van der Waals surface area contributed by atoms with Gasteiger partial charge in [-0.3, -0.25) is 0 Å². The van der Waals surface area contributed by atoms with E-state index in [1.54, 1.807) is 0 Å². The Hall–Kier alpha value is -0.300. The molecule has 1 atom stereocenters. The van der Waals surface area contributed by atoms with Crippen molar-refractivity contribution in [2.75, 3.05) is 13.1 Å². The average Bonchev–Trinajstić information content (AvgIpc) is 1.88. The van der Waals surface area contributed by atoms with Crippen LogP contribution in [0.3, 0.4) is 0 Å². The number of hydrogen-bond acceptors (Lipinski definition) is 1. The molecule has 0 spiro atoms. The summed E-state index contributed by atoms with van der Waals surface area (Å²) in [5.41, 5.74) is 1.37. The maximum atomic E-state index is 3.95. The molecule has 0 aromatic rings. The first-order valence-electron chi connectivity index (χ1n) is 3.70. The van der Waals surface area contributed by atoms with Crippen molar-refractivity contribution in [2.24, 2.45) is 5.92 Å². The number of rotatable bonds is 1. The Morgan fingerprint density at radius 3 is 3.00 bits per heavy atom. The van der Waals surface area contributed by atoms with E-state index in [4.69, 9.17) is 0 Å². The molecule has 1 N–H and O–H groups in total. The van der Waals surface area contributed by atoms with Crippen LogP contribution in [0, 0.1) is 5.92 Å². The predicted octanol–water partition coefficient (Wildman–Crippen LogP) is 1.56. The quantitative estimate of drug-likeness (QED) is 0.524. The largest absolute Gasteiger partial charge is 0.313 e. The van der Waals surface area contributed by atoms with E-state index in [9.17, 15) is 0 Å². The molecular weight excluding hydrogens is 110 g/mol. The molecular formula is C8H15N. The van der Waals surface area contributed by atoms with Crippen LogP contribution in [0.2, 0.25) is 0 Å². The highest BCUT2D eigenvalue weighted by Gasteiger charge is 2.12. The summed E-state index contributed by atoms with van der Waals surface area (Å²) in [6, 6.07) is 0. The van der Waals surface area contributed by atoms with Crippen molar-refractivity contribution >= 4 is 0 Å². The van der Waals surface area contributed by atoms with Crippen molar-refractivity contribution < 1.29 is 0 Å². The van der Waals surface area contributed by atoms with E-state index >= 15 is 0 Å². The molecule has 1 unspecified atom stereocenters. The third-order valence-corrected chi connectivity index (χ3v) is 1.96. The Bertz CT molecular complexity index is 107. The maximum Gasteiger partial charge on any atom is 0.0162 e. The smallest absolute Gasteiger partial charge is 0.0162 e. The van der Waals surface area contributed by atoms with Gasteiger partial charge in [-0.15, -0.1) is 0 Å². The Morgan fingerprint density at radius 2 is 2.56 bits per heavy atom. The zero-order chi connectivity index (χ0) is 6.69. The third-order valence-electron chi connectivity index (χ3n) is 1.96. The maximum absolute atomic E-state index is 3.95. The third kappa shape index (κ3) is 1.83. The zero-order valence-corrected chi connectivity index (χ0v) is 6.11. The van der Waals surface area contributed by atoms with Crippen molar-refractivity contribution in [3.8, 4) is 0 Å². The van der Waals surface area contributed by atoms with Gasteiger partial charge < -0.3 is 5.32 Å². The van der Waals surface area contributed by atoms with Crippen molar-refractivity contribution in [1.29, 1.82) is 0 Å². The predicted molar refractivity (Wildman–Crippen MR) is 40.4 cm³/mol. The molecule has 1 heterocycles. The lowest BCUT2D eigenvalue weighted by Crippen LogP contribution is -2.30. The van der Waals surface area contributed by atoms with Crippen LogP contribution < -0.4 is 5.32 Å². The topological polar surface area (TPSA) is 12.0 Å². The number of nitrogens with one attached hydrogen (secondary N) is 1. The molecule has 0 aliphatic carbocycles. The second-order valence-corrected chi connectivity index (χ2v) is 2.86. The lowest BCUT2D eigenvalue weighted by atomic mass is 9.94. The molecule has 0 amide bonds. The van der Waals surface area contributed by atoms with Gasteiger partial charge in [0.2, 0.25) is 0 Å². The molecule has 0 bridgehead atoms. The van der Waals surface area contributed by atoms with Gasteiger partial charge in [-0.05, 0) is 18.9 Å². The monoisotopic (exact) mass is 125 g/mol. The fraction of sp³-hybridized carbons (Fsp3) is 0.750. The molecule has 1 aliphatic rings. The van der Waals surface area contributed by atoms with E-state index in [-0.39, 0.29) is 0 Å². The molecule has 0 aromatic carbocycles. The lowest BCUT2D eigenvalue weighted by Gasteiger charge is -2.22. The highest BCUT2D eigenvalue weighted by atomic mass is 14.9. The minimum Gasteiger partial charge on any atom is -0.313 e. The highest BCUT2D eigenvalue weighted by molar-refractivity contribution is 5.01. The summed E-state index contributed by atoms with van der Waals surface area (Å²) in [5.74, 6) is 0.853. The Kier molecular flexibility index (Phi) is 2.29. The standard InChI is InChI=1S/C8H15N/c1-3-8-4-7(2)5-9-6-8/h8-9H,2-6H2,1H3. The van der Waals surface area contributed by atoms with Gasteiger partial charge >= 0.3 is 0 Å². The summed E-state index contributed by atoms with van der Waals surface area (Å²) in [4.78, 5) is 0. The molecule has 1 aliphatic heterocycles. The van der Waals surface area contributed by atoms with Gasteiger partial charge in [0.1, 0.15) is 0 Å². The van der Waals surface area contributed by atoms with Gasteiger partial charge in [-0.2, -0.15) is 0 Å². The second kappa shape index (κ2) is 3.02. The molecule has 0 aromatic heterocycles. The van der Waals surface area contributed by atoms with Crippen LogP contribution in [0.25, 0.3) is 0 Å². The Morgan fingerprint density at radius 1 is 1.78 bits per heavy atom. The van der Waals surface area contributed by atoms with E-state index in [2.05, 4.69) is 18.8 Å². The molecule has 1 heteroatoms. The minimum absolute atomic E-state index is 0.853. The fourth-order valence-corrected chi connectivity index (χ4v) is 1.29. The van der Waals surface area contributed by atoms with E-state index < -0.39 is 0 Å². The van der Waals surface area contributed by atoms with Crippen molar-refractivity contribution in [3.05, 3.63) is 12.2 Å². The number of piperidine rings is 1. The summed E-state index contributed by atoms with van der Waals surface area (Å²) in [6.45, 7) is 8.42. The van der Waals surface area contributed by atoms with Gasteiger partial charge in [0, 0.05) is 6.54 Å². The van der Waals surface area contributed by atoms with Crippen LogP contribution in [0.15, 0.2) is 12.2 Å². The van der Waals surface area contributed by atoms with Crippen LogP contribution in [0.1, 0.15) is 19.8 Å². The van der Waals surface area contributed by atoms with Crippen LogP contribution in [0.5, 0.6) is 0 Å². The molecule has 1 nitrogen and oxygen atoms in total. The van der Waals surface area contributed by atoms with Gasteiger partial charge in [-0.25, -0.2) is 0 Å². The van der Waals surface area contributed by atoms with E-state index in [1.807, 2.05) is 0 Å². The molecule has 52 valence electrons. The average molecular weight is 125 g/mol. The Labute approximate surface area is 57.1 Å². The van der Waals surface area contributed by atoms with Crippen molar-refractivity contribution in [2.45, 2.75) is 19.8 Å². The van der Waals surface area contributed by atoms with Crippen LogP contribution >= 0.6 is 0 Å². The van der Waals surface area contributed by atoms with Crippen molar-refractivity contribution in [3.63, 3.8) is 0 Å². The van der Waals surface area contributed by atoms with Gasteiger partial charge in [-0.1, -0.05) is 25.5 Å². The van der Waals surface area contributed by atoms with E-state index in [1.165, 1.54) is 25.0 Å². The first-order valence-corrected chi connectivity index (χ1v) is 3.70. The zero-order valence-electron chi connectivity index (χ0n) is 6.11. The SMILES string of the molecule is C=C1CNCC(CC)C1. The summed E-state index contributed by atoms with van der Waals surface area (Å²) >= 11 is 0. The molecule has 9 heavy (non-hydrogen) atoms. The summed E-state index contributed by atoms with van der Waals surface area (Å²) < 4.78 is 0. The van der Waals surface area contributed by atoms with Crippen LogP contribution in [0.4, 0.5) is 0 Å². The molecule has 0 saturated carbocycles. The number of hydrogen-bond donors (Lipinski definition) is 1. The van der Waals surface area contributed by atoms with Gasteiger partial charge in [0.25, 0.3) is 0 Å². The lowest BCUT2D eigenvalue weighted by molar-refractivity contribution is 0.426. The fourth-order valence-electron chi connectivity index (χ4n) is 1.29. The second-order valence-electron chi connectivity index (χ2n) is 2.86. The molecule has 1 rings (SSSR count). The summed E-state index contributed by atoms with van der Waals surface area (Å²) in [6.07, 6.45) is 2.52. The van der Waals surface area contributed by atoms with E-state index in [0.717, 1.165) is 12.5 Å². The van der Waals surface area contributed by atoms with Crippen molar-refractivity contribution in [1.82, 2.24) is 5.32 Å². The van der Waals surface area contributed by atoms with E-state index in [0.29, 0.717) is 0 Å². The Balaban J connectivity index is 2.32. The molecule has 1 fully saturated rings. The molecule has 1 saturated heterocycles. The first-order chi connectivity index (χ1) is 4.33. The van der Waals surface area contributed by atoms with Gasteiger partial charge in [0.05, 0.1) is 0 Å². The van der Waals surface area contributed by atoms with Crippen LogP contribution in [-0.2, 0) is 0 Å².